The zero-order valence-electron chi connectivity index (χ0n) is 18.9. The molecule has 0 fully saturated rings. The summed E-state index contributed by atoms with van der Waals surface area (Å²) in [5.41, 5.74) is 6.27. The molecular weight excluding hydrogens is 464 g/mol. The lowest BCUT2D eigenvalue weighted by atomic mass is 10.0. The molecule has 5 nitrogen and oxygen atoms in total. The van der Waals surface area contributed by atoms with Crippen molar-refractivity contribution in [2.75, 3.05) is 17.7 Å². The summed E-state index contributed by atoms with van der Waals surface area (Å²) in [6.45, 7) is 3.67. The number of carbonyl (C=O) groups excluding carboxylic acids is 2. The molecule has 7 heteroatoms. The number of anilines is 1. The number of thioether (sulfide) groups is 1. The second kappa shape index (κ2) is 11.1. The van der Waals surface area contributed by atoms with Crippen LogP contribution in [-0.2, 0) is 14.3 Å². The number of rotatable bonds is 8. The Labute approximate surface area is 207 Å². The minimum atomic E-state index is -0.431. The van der Waals surface area contributed by atoms with Gasteiger partial charge < -0.3 is 4.74 Å². The van der Waals surface area contributed by atoms with Crippen molar-refractivity contribution in [3.63, 3.8) is 0 Å². The fourth-order valence-corrected chi connectivity index (χ4v) is 4.93. The lowest BCUT2D eigenvalue weighted by molar-refractivity contribution is -0.144. The van der Waals surface area contributed by atoms with E-state index in [1.807, 2.05) is 67.8 Å². The number of nitrogens with one attached hydrogen (secondary N) is 1. The van der Waals surface area contributed by atoms with Crippen molar-refractivity contribution >= 4 is 40.1 Å². The molecule has 1 heterocycles. The summed E-state index contributed by atoms with van der Waals surface area (Å²) in [6.07, 6.45) is 0. The molecule has 1 amide bonds. The molecule has 1 aromatic heterocycles. The summed E-state index contributed by atoms with van der Waals surface area (Å²) in [4.78, 5) is 29.8. The van der Waals surface area contributed by atoms with Crippen LogP contribution in [-0.4, -0.2) is 29.2 Å². The van der Waals surface area contributed by atoms with Gasteiger partial charge in [0.25, 0.3) is 5.91 Å². The second-order valence-electron chi connectivity index (χ2n) is 7.75. The van der Waals surface area contributed by atoms with Gasteiger partial charge in [-0.15, -0.1) is 23.1 Å². The number of carbonyl (C=O) groups is 2. The number of hydrogen-bond acceptors (Lipinski definition) is 6. The van der Waals surface area contributed by atoms with E-state index in [2.05, 4.69) is 34.6 Å². The number of aromatic nitrogens is 1. The van der Waals surface area contributed by atoms with Crippen LogP contribution in [0.25, 0.3) is 22.4 Å². The fraction of sp³-hybridized carbons (Fsp3) is 0.148. The molecule has 0 atom stereocenters. The van der Waals surface area contributed by atoms with Crippen LogP contribution < -0.4 is 5.32 Å². The van der Waals surface area contributed by atoms with Crippen molar-refractivity contribution in [1.29, 1.82) is 0 Å². The van der Waals surface area contributed by atoms with Gasteiger partial charge in [-0.1, -0.05) is 72.3 Å². The standard InChI is InChI=1S/C27H24N2O3S2/c1-18-8-9-19(2)24(14-18)33-17-26(31)32-15-25(30)29-27-28-23(16-34-27)22-12-10-21(11-13-22)20-6-4-3-5-7-20/h3-14,16H,15,17H2,1-2H3,(H,28,29,30). The van der Waals surface area contributed by atoms with Crippen molar-refractivity contribution in [3.05, 3.63) is 89.3 Å². The molecule has 0 radical (unpaired) electrons. The Morgan fingerprint density at radius 1 is 0.941 bits per heavy atom. The molecule has 3 aromatic carbocycles. The third kappa shape index (κ3) is 6.34. The Morgan fingerprint density at radius 3 is 2.41 bits per heavy atom. The highest BCUT2D eigenvalue weighted by Gasteiger charge is 2.12. The summed E-state index contributed by atoms with van der Waals surface area (Å²) < 4.78 is 5.12. The van der Waals surface area contributed by atoms with Crippen molar-refractivity contribution in [1.82, 2.24) is 4.98 Å². The topological polar surface area (TPSA) is 68.3 Å². The predicted octanol–water partition coefficient (Wildman–Crippen LogP) is 6.37. The third-order valence-corrected chi connectivity index (χ3v) is 6.98. The van der Waals surface area contributed by atoms with Gasteiger partial charge in [0.05, 0.1) is 11.4 Å². The van der Waals surface area contributed by atoms with Crippen molar-refractivity contribution in [2.45, 2.75) is 18.7 Å². The number of thiazole rings is 1. The Kier molecular flexibility index (Phi) is 7.77. The number of benzene rings is 3. The Hall–Kier alpha value is -3.42. The van der Waals surface area contributed by atoms with Crippen molar-refractivity contribution < 1.29 is 14.3 Å². The quantitative estimate of drug-likeness (QED) is 0.231. The van der Waals surface area contributed by atoms with E-state index in [0.29, 0.717) is 5.13 Å². The monoisotopic (exact) mass is 488 g/mol. The van der Waals surface area contributed by atoms with Gasteiger partial charge in [-0.3, -0.25) is 14.9 Å². The summed E-state index contributed by atoms with van der Waals surface area (Å²) in [7, 11) is 0. The summed E-state index contributed by atoms with van der Waals surface area (Å²) in [5.74, 6) is -0.692. The molecule has 172 valence electrons. The van der Waals surface area contributed by atoms with E-state index < -0.39 is 11.9 Å². The van der Waals surface area contributed by atoms with E-state index in [4.69, 9.17) is 4.74 Å². The highest BCUT2D eigenvalue weighted by atomic mass is 32.2. The van der Waals surface area contributed by atoms with Crippen LogP contribution in [0, 0.1) is 13.8 Å². The van der Waals surface area contributed by atoms with Crippen LogP contribution in [0.1, 0.15) is 11.1 Å². The summed E-state index contributed by atoms with van der Waals surface area (Å²) >= 11 is 2.74. The van der Waals surface area contributed by atoms with Gasteiger partial charge in [-0.25, -0.2) is 4.98 Å². The molecule has 0 spiro atoms. The summed E-state index contributed by atoms with van der Waals surface area (Å²) in [6, 6.07) is 24.4. The van der Waals surface area contributed by atoms with E-state index in [1.165, 1.54) is 23.1 Å². The minimum Gasteiger partial charge on any atom is -0.455 e. The van der Waals surface area contributed by atoms with Crippen LogP contribution in [0.5, 0.6) is 0 Å². The number of aryl methyl sites for hydroxylation is 2. The zero-order valence-corrected chi connectivity index (χ0v) is 20.5. The first-order chi connectivity index (χ1) is 16.5. The van der Waals surface area contributed by atoms with Crippen LogP contribution in [0.3, 0.4) is 0 Å². The smallest absolute Gasteiger partial charge is 0.316 e. The van der Waals surface area contributed by atoms with Gasteiger partial charge in [-0.05, 0) is 36.6 Å². The maximum absolute atomic E-state index is 12.2. The number of nitrogens with zero attached hydrogens (tertiary/aromatic N) is 1. The van der Waals surface area contributed by atoms with E-state index in [1.54, 1.807) is 0 Å². The van der Waals surface area contributed by atoms with Gasteiger partial charge >= 0.3 is 5.97 Å². The molecule has 4 aromatic rings. The molecule has 0 aliphatic heterocycles. The average Bonchev–Trinajstić information content (AvgIpc) is 3.32. The van der Waals surface area contributed by atoms with Crippen LogP contribution in [0.15, 0.2) is 83.1 Å². The number of ether oxygens (including phenoxy) is 1. The molecule has 0 saturated heterocycles. The third-order valence-electron chi connectivity index (χ3n) is 5.09. The molecule has 1 N–H and O–H groups in total. The average molecular weight is 489 g/mol. The molecule has 4 rings (SSSR count). The molecular formula is C27H24N2O3S2. The largest absolute Gasteiger partial charge is 0.455 e. The molecule has 0 aliphatic carbocycles. The van der Waals surface area contributed by atoms with E-state index >= 15 is 0 Å². The van der Waals surface area contributed by atoms with Crippen molar-refractivity contribution in [3.8, 4) is 22.4 Å². The first-order valence-electron chi connectivity index (χ1n) is 10.7. The molecule has 34 heavy (non-hydrogen) atoms. The maximum atomic E-state index is 12.2. The molecule has 0 bridgehead atoms. The minimum absolute atomic E-state index is 0.151. The predicted molar refractivity (Wildman–Crippen MR) is 139 cm³/mol. The van der Waals surface area contributed by atoms with E-state index in [-0.39, 0.29) is 12.4 Å². The lowest BCUT2D eigenvalue weighted by Crippen LogP contribution is -2.21. The highest BCUT2D eigenvalue weighted by molar-refractivity contribution is 8.00. The van der Waals surface area contributed by atoms with Gasteiger partial charge in [0.15, 0.2) is 11.7 Å². The van der Waals surface area contributed by atoms with Gasteiger partial charge in [0.2, 0.25) is 0 Å². The Morgan fingerprint density at radius 2 is 1.65 bits per heavy atom. The van der Waals surface area contributed by atoms with E-state index in [9.17, 15) is 9.59 Å². The molecule has 0 unspecified atom stereocenters. The second-order valence-corrected chi connectivity index (χ2v) is 9.62. The first kappa shape index (κ1) is 23.7. The van der Waals surface area contributed by atoms with Crippen LogP contribution in [0.4, 0.5) is 5.13 Å². The number of amides is 1. The van der Waals surface area contributed by atoms with Gasteiger partial charge in [-0.2, -0.15) is 0 Å². The normalized spacial score (nSPS) is 10.6. The number of esters is 1. The summed E-state index contributed by atoms with van der Waals surface area (Å²) in [5, 5.41) is 5.05. The maximum Gasteiger partial charge on any atom is 0.316 e. The molecule has 0 aliphatic rings. The lowest BCUT2D eigenvalue weighted by Gasteiger charge is -2.07. The van der Waals surface area contributed by atoms with Gasteiger partial charge in [0.1, 0.15) is 0 Å². The van der Waals surface area contributed by atoms with Gasteiger partial charge in [0, 0.05) is 15.8 Å². The van der Waals surface area contributed by atoms with E-state index in [0.717, 1.165) is 38.4 Å². The SMILES string of the molecule is Cc1ccc(C)c(SCC(=O)OCC(=O)Nc2nc(-c3ccc(-c4ccccc4)cc3)cs2)c1. The number of hydrogen-bond donors (Lipinski definition) is 1. The van der Waals surface area contributed by atoms with Crippen molar-refractivity contribution in [2.24, 2.45) is 0 Å². The first-order valence-corrected chi connectivity index (χ1v) is 12.6. The zero-order chi connectivity index (χ0) is 23.9. The molecule has 0 saturated carbocycles. The van der Waals surface area contributed by atoms with Crippen LogP contribution >= 0.6 is 23.1 Å². The Balaban J connectivity index is 1.26. The fourth-order valence-electron chi connectivity index (χ4n) is 3.27. The van der Waals surface area contributed by atoms with Crippen LogP contribution in [0.2, 0.25) is 0 Å². The highest BCUT2D eigenvalue weighted by Crippen LogP contribution is 2.28. The Bertz CT molecular complexity index is 1280.